The fourth-order valence-corrected chi connectivity index (χ4v) is 1.36. The molecule has 0 fully saturated rings. The maximum Gasteiger partial charge on any atom is 0.467 e. The van der Waals surface area contributed by atoms with Crippen LogP contribution in [0.15, 0.2) is 0 Å². The van der Waals surface area contributed by atoms with Crippen molar-refractivity contribution in [1.82, 2.24) is 0 Å². The van der Waals surface area contributed by atoms with Crippen LogP contribution in [0.1, 0.15) is 39.5 Å². The lowest BCUT2D eigenvalue weighted by Gasteiger charge is -2.11. The summed E-state index contributed by atoms with van der Waals surface area (Å²) < 4.78 is 12.0. The number of alkyl halides is 1. The Labute approximate surface area is 96.0 Å². The normalized spacial score (nSPS) is 10.4. The van der Waals surface area contributed by atoms with Gasteiger partial charge in [0, 0.05) is 17.5 Å². The molecule has 0 spiro atoms. The number of unbranched alkanes of at least 4 members (excludes halogenated alkanes) is 2. The standard InChI is InChI=1S/C9H20BIO2/c1-3-5-7-12-10(9-11)13-8-6-4-2/h3-9H2,1-2H3. The van der Waals surface area contributed by atoms with Crippen molar-refractivity contribution in [2.75, 3.05) is 17.5 Å². The maximum absolute atomic E-state index is 5.55. The highest BCUT2D eigenvalue weighted by molar-refractivity contribution is 14.1. The molecular formula is C9H20BIO2. The molecule has 0 heterocycles. The van der Waals surface area contributed by atoms with E-state index in [-0.39, 0.29) is 7.12 Å². The van der Waals surface area contributed by atoms with Gasteiger partial charge in [-0.3, -0.25) is 0 Å². The molecule has 0 saturated heterocycles. The van der Waals surface area contributed by atoms with Gasteiger partial charge in [-0.1, -0.05) is 49.3 Å². The Hall–Kier alpha value is 0.715. The summed E-state index contributed by atoms with van der Waals surface area (Å²) in [4.78, 5) is 0. The highest BCUT2D eigenvalue weighted by atomic mass is 127. The third-order valence-electron chi connectivity index (χ3n) is 1.73. The van der Waals surface area contributed by atoms with Crippen LogP contribution in [-0.4, -0.2) is 24.7 Å². The number of hydrogen-bond acceptors (Lipinski definition) is 2. The first kappa shape index (κ1) is 13.7. The van der Waals surface area contributed by atoms with Crippen LogP contribution < -0.4 is 0 Å². The highest BCUT2D eigenvalue weighted by Crippen LogP contribution is 2.00. The van der Waals surface area contributed by atoms with E-state index in [0.717, 1.165) is 30.4 Å². The van der Waals surface area contributed by atoms with Gasteiger partial charge in [0.05, 0.1) is 0 Å². The van der Waals surface area contributed by atoms with E-state index in [1.807, 2.05) is 0 Å². The molecule has 0 radical (unpaired) electrons. The topological polar surface area (TPSA) is 18.5 Å². The fraction of sp³-hybridized carbons (Fsp3) is 1.00. The zero-order valence-corrected chi connectivity index (χ0v) is 10.9. The van der Waals surface area contributed by atoms with Crippen molar-refractivity contribution in [2.45, 2.75) is 39.5 Å². The Balaban J connectivity index is 3.28. The molecule has 0 aliphatic carbocycles. The van der Waals surface area contributed by atoms with E-state index in [1.54, 1.807) is 0 Å². The molecule has 0 aromatic heterocycles. The second-order valence-corrected chi connectivity index (χ2v) is 3.91. The fourth-order valence-electron chi connectivity index (χ4n) is 0.855. The Kier molecular flexibility index (Phi) is 11.4. The van der Waals surface area contributed by atoms with Crippen molar-refractivity contribution < 1.29 is 9.31 Å². The zero-order chi connectivity index (χ0) is 9.94. The van der Waals surface area contributed by atoms with Crippen molar-refractivity contribution in [3.05, 3.63) is 0 Å². The first-order chi connectivity index (χ1) is 6.35. The van der Waals surface area contributed by atoms with Crippen molar-refractivity contribution in [1.29, 1.82) is 0 Å². The lowest BCUT2D eigenvalue weighted by atomic mass is 9.95. The highest BCUT2D eigenvalue weighted by Gasteiger charge is 2.14. The van der Waals surface area contributed by atoms with E-state index in [2.05, 4.69) is 36.4 Å². The van der Waals surface area contributed by atoms with Gasteiger partial charge >= 0.3 is 7.12 Å². The lowest BCUT2D eigenvalue weighted by molar-refractivity contribution is 0.197. The minimum Gasteiger partial charge on any atom is -0.411 e. The average Bonchev–Trinajstić information content (AvgIpc) is 2.16. The molecule has 0 rings (SSSR count). The first-order valence-corrected chi connectivity index (χ1v) is 6.66. The van der Waals surface area contributed by atoms with Gasteiger partial charge in [-0.2, -0.15) is 0 Å². The van der Waals surface area contributed by atoms with Crippen LogP contribution in [0.25, 0.3) is 0 Å². The molecule has 0 saturated carbocycles. The Morgan fingerprint density at radius 2 is 1.46 bits per heavy atom. The molecule has 0 N–H and O–H groups in total. The molecule has 13 heavy (non-hydrogen) atoms. The molecule has 0 amide bonds. The second kappa shape index (κ2) is 10.8. The molecule has 0 atom stereocenters. The third-order valence-corrected chi connectivity index (χ3v) is 2.45. The Morgan fingerprint density at radius 3 is 1.77 bits per heavy atom. The van der Waals surface area contributed by atoms with E-state index < -0.39 is 0 Å². The Morgan fingerprint density at radius 1 is 1.00 bits per heavy atom. The van der Waals surface area contributed by atoms with Gasteiger partial charge < -0.3 is 9.31 Å². The number of hydrogen-bond donors (Lipinski definition) is 0. The van der Waals surface area contributed by atoms with Gasteiger partial charge in [0.15, 0.2) is 0 Å². The smallest absolute Gasteiger partial charge is 0.411 e. The SMILES string of the molecule is CCCCOB(CI)OCCCC. The summed E-state index contributed by atoms with van der Waals surface area (Å²) >= 11 is 2.30. The summed E-state index contributed by atoms with van der Waals surface area (Å²) in [5.41, 5.74) is 0. The summed E-state index contributed by atoms with van der Waals surface area (Å²) in [5.74, 6) is 0. The molecule has 0 aliphatic rings. The van der Waals surface area contributed by atoms with Crippen LogP contribution in [-0.2, 0) is 9.31 Å². The van der Waals surface area contributed by atoms with Crippen LogP contribution in [0, 0.1) is 0 Å². The quantitative estimate of drug-likeness (QED) is 0.282. The predicted molar refractivity (Wildman–Crippen MR) is 66.4 cm³/mol. The van der Waals surface area contributed by atoms with Crippen molar-refractivity contribution >= 4 is 29.7 Å². The van der Waals surface area contributed by atoms with E-state index in [4.69, 9.17) is 9.31 Å². The summed E-state index contributed by atoms with van der Waals surface area (Å²) in [6, 6.07) is 0. The van der Waals surface area contributed by atoms with Gasteiger partial charge in [-0.15, -0.1) is 0 Å². The van der Waals surface area contributed by atoms with Crippen LogP contribution in [0.4, 0.5) is 0 Å². The van der Waals surface area contributed by atoms with E-state index in [0.29, 0.717) is 0 Å². The van der Waals surface area contributed by atoms with Crippen LogP contribution in [0.2, 0.25) is 0 Å². The Bertz CT molecular complexity index is 93.6. The average molecular weight is 298 g/mol. The van der Waals surface area contributed by atoms with Gasteiger partial charge in [-0.05, 0) is 12.8 Å². The second-order valence-electron chi connectivity index (χ2n) is 3.03. The minimum atomic E-state index is 0.0127. The summed E-state index contributed by atoms with van der Waals surface area (Å²) in [5, 5.41) is 0. The van der Waals surface area contributed by atoms with E-state index in [1.165, 1.54) is 12.8 Å². The van der Waals surface area contributed by atoms with Gasteiger partial charge in [0.1, 0.15) is 0 Å². The molecule has 0 aromatic rings. The van der Waals surface area contributed by atoms with E-state index in [9.17, 15) is 0 Å². The molecule has 78 valence electrons. The van der Waals surface area contributed by atoms with E-state index >= 15 is 0 Å². The summed E-state index contributed by atoms with van der Waals surface area (Å²) in [6.45, 7) is 5.99. The van der Waals surface area contributed by atoms with Crippen molar-refractivity contribution in [3.8, 4) is 0 Å². The molecule has 0 aromatic carbocycles. The predicted octanol–water partition coefficient (Wildman–Crippen LogP) is 3.08. The van der Waals surface area contributed by atoms with Gasteiger partial charge in [0.2, 0.25) is 0 Å². The van der Waals surface area contributed by atoms with Crippen molar-refractivity contribution in [2.24, 2.45) is 0 Å². The summed E-state index contributed by atoms with van der Waals surface area (Å²) in [7, 11) is 0.0127. The minimum absolute atomic E-state index is 0.0127. The van der Waals surface area contributed by atoms with Crippen molar-refractivity contribution in [3.63, 3.8) is 0 Å². The molecule has 0 aliphatic heterocycles. The first-order valence-electron chi connectivity index (χ1n) is 5.14. The molecule has 4 heteroatoms. The van der Waals surface area contributed by atoms with Gasteiger partial charge in [-0.25, -0.2) is 0 Å². The number of rotatable bonds is 9. The zero-order valence-electron chi connectivity index (χ0n) is 8.72. The number of halogens is 1. The maximum atomic E-state index is 5.55. The lowest BCUT2D eigenvalue weighted by Crippen LogP contribution is -2.26. The molecule has 0 bridgehead atoms. The molecule has 0 unspecified atom stereocenters. The van der Waals surface area contributed by atoms with Crippen LogP contribution >= 0.6 is 22.6 Å². The van der Waals surface area contributed by atoms with Crippen LogP contribution in [0.5, 0.6) is 0 Å². The van der Waals surface area contributed by atoms with Crippen LogP contribution in [0.3, 0.4) is 0 Å². The third kappa shape index (κ3) is 9.03. The molecule has 2 nitrogen and oxygen atoms in total. The molecular weight excluding hydrogens is 278 g/mol. The summed E-state index contributed by atoms with van der Waals surface area (Å²) in [6.07, 6.45) is 4.63. The monoisotopic (exact) mass is 298 g/mol. The largest absolute Gasteiger partial charge is 0.467 e. The van der Waals surface area contributed by atoms with Gasteiger partial charge in [0.25, 0.3) is 0 Å².